The van der Waals surface area contributed by atoms with Crippen LogP contribution in [-0.4, -0.2) is 16.9 Å². The van der Waals surface area contributed by atoms with Gasteiger partial charge in [-0.05, 0) is 42.0 Å². The Morgan fingerprint density at radius 2 is 1.96 bits per heavy atom. The molecule has 0 unspecified atom stereocenters. The van der Waals surface area contributed by atoms with Crippen molar-refractivity contribution < 1.29 is 18.7 Å². The lowest BCUT2D eigenvalue weighted by atomic mass is 10.1. The maximum atomic E-state index is 13.2. The number of primary amides is 1. The van der Waals surface area contributed by atoms with E-state index >= 15 is 0 Å². The van der Waals surface area contributed by atoms with Crippen molar-refractivity contribution in [3.05, 3.63) is 65.6 Å². The van der Waals surface area contributed by atoms with Crippen LogP contribution in [0.4, 0.5) is 4.39 Å². The number of aromatic amines is 1. The van der Waals surface area contributed by atoms with E-state index < -0.39 is 11.9 Å². The molecule has 0 aliphatic heterocycles. The van der Waals surface area contributed by atoms with Crippen LogP contribution in [0.3, 0.4) is 0 Å². The number of ether oxygens (including phenoxy) is 1. The largest absolute Gasteiger partial charge is 0.422 e. The number of nitrogens with two attached hydrogens (primary N) is 1. The fourth-order valence-corrected chi connectivity index (χ4v) is 2.30. The quantitative estimate of drug-likeness (QED) is 0.573. The zero-order chi connectivity index (χ0) is 16.4. The lowest BCUT2D eigenvalue weighted by Crippen LogP contribution is -2.14. The second-order valence-corrected chi connectivity index (χ2v) is 5.09. The zero-order valence-electron chi connectivity index (χ0n) is 12.0. The van der Waals surface area contributed by atoms with Crippen LogP contribution in [0, 0.1) is 5.82 Å². The van der Waals surface area contributed by atoms with Gasteiger partial charge in [-0.15, -0.1) is 0 Å². The van der Waals surface area contributed by atoms with Crippen molar-refractivity contribution in [2.24, 2.45) is 5.73 Å². The normalized spacial score (nSPS) is 10.7. The highest BCUT2D eigenvalue weighted by atomic mass is 19.1. The lowest BCUT2D eigenvalue weighted by Gasteiger charge is -2.04. The lowest BCUT2D eigenvalue weighted by molar-refractivity contribution is -0.117. The number of amides is 1. The second-order valence-electron chi connectivity index (χ2n) is 5.09. The van der Waals surface area contributed by atoms with Gasteiger partial charge in [0.2, 0.25) is 5.91 Å². The minimum atomic E-state index is -0.599. The molecule has 0 atom stereocenters. The first kappa shape index (κ1) is 14.8. The fourth-order valence-electron chi connectivity index (χ4n) is 2.30. The van der Waals surface area contributed by atoms with Gasteiger partial charge in [0.1, 0.15) is 17.3 Å². The van der Waals surface area contributed by atoms with Crippen LogP contribution >= 0.6 is 0 Å². The molecule has 6 heteroatoms. The molecule has 1 heterocycles. The number of hydrogen-bond acceptors (Lipinski definition) is 3. The monoisotopic (exact) mass is 312 g/mol. The number of benzene rings is 2. The Balaban J connectivity index is 1.81. The summed E-state index contributed by atoms with van der Waals surface area (Å²) in [5.74, 6) is -1.14. The number of carbonyl (C=O) groups excluding carboxylic acids is 2. The molecule has 3 N–H and O–H groups in total. The van der Waals surface area contributed by atoms with Crippen molar-refractivity contribution in [2.45, 2.75) is 6.42 Å². The maximum Gasteiger partial charge on any atom is 0.360 e. The summed E-state index contributed by atoms with van der Waals surface area (Å²) in [5.41, 5.74) is 6.65. The third-order valence-corrected chi connectivity index (χ3v) is 3.29. The molecule has 1 amide bonds. The molecule has 0 aliphatic carbocycles. The number of rotatable bonds is 4. The molecule has 1 aromatic heterocycles. The van der Waals surface area contributed by atoms with Crippen molar-refractivity contribution in [2.75, 3.05) is 0 Å². The van der Waals surface area contributed by atoms with Gasteiger partial charge < -0.3 is 15.5 Å². The highest BCUT2D eigenvalue weighted by molar-refractivity contribution is 5.95. The number of fused-ring (bicyclic) bond motifs is 1. The van der Waals surface area contributed by atoms with Crippen molar-refractivity contribution in [1.29, 1.82) is 0 Å². The molecule has 23 heavy (non-hydrogen) atoms. The number of hydrogen-bond donors (Lipinski definition) is 2. The van der Waals surface area contributed by atoms with E-state index in [2.05, 4.69) is 4.98 Å². The summed E-state index contributed by atoms with van der Waals surface area (Å²) in [6.07, 6.45) is 0.0665. The van der Waals surface area contributed by atoms with Gasteiger partial charge in [-0.3, -0.25) is 4.79 Å². The second kappa shape index (κ2) is 5.92. The molecule has 116 valence electrons. The van der Waals surface area contributed by atoms with Crippen LogP contribution in [0.5, 0.6) is 5.75 Å². The number of nitrogens with one attached hydrogen (secondary N) is 1. The Morgan fingerprint density at radius 3 is 2.74 bits per heavy atom. The molecule has 0 spiro atoms. The number of aromatic nitrogens is 1. The molecular weight excluding hydrogens is 299 g/mol. The molecule has 0 saturated carbocycles. The highest BCUT2D eigenvalue weighted by Crippen LogP contribution is 2.19. The van der Waals surface area contributed by atoms with E-state index in [0.29, 0.717) is 22.2 Å². The van der Waals surface area contributed by atoms with Gasteiger partial charge in [-0.1, -0.05) is 12.1 Å². The molecular formula is C17H13FN2O3. The third kappa shape index (κ3) is 3.37. The molecule has 0 saturated heterocycles. The Hall–Kier alpha value is -3.15. The Labute approximate surface area is 130 Å². The maximum absolute atomic E-state index is 13.2. The Bertz CT molecular complexity index is 902. The minimum absolute atomic E-state index is 0.0665. The molecule has 5 nitrogen and oxygen atoms in total. The summed E-state index contributed by atoms with van der Waals surface area (Å²) in [6, 6.07) is 12.3. The van der Waals surface area contributed by atoms with Gasteiger partial charge >= 0.3 is 5.97 Å². The molecule has 0 radical (unpaired) electrons. The van der Waals surface area contributed by atoms with Gasteiger partial charge in [-0.2, -0.15) is 0 Å². The predicted molar refractivity (Wildman–Crippen MR) is 82.6 cm³/mol. The third-order valence-electron chi connectivity index (χ3n) is 3.29. The Morgan fingerprint density at radius 1 is 1.13 bits per heavy atom. The van der Waals surface area contributed by atoms with Gasteiger partial charge in [0.25, 0.3) is 0 Å². The van der Waals surface area contributed by atoms with Crippen LogP contribution in [0.25, 0.3) is 10.9 Å². The summed E-state index contributed by atoms with van der Waals surface area (Å²) >= 11 is 0. The molecule has 2 aromatic carbocycles. The molecule has 3 rings (SSSR count). The van der Waals surface area contributed by atoms with E-state index in [1.54, 1.807) is 30.3 Å². The number of H-pyrrole nitrogens is 1. The predicted octanol–water partition coefficient (Wildman–Crippen LogP) is 2.55. The first-order chi connectivity index (χ1) is 11.0. The van der Waals surface area contributed by atoms with E-state index in [9.17, 15) is 14.0 Å². The average molecular weight is 312 g/mol. The summed E-state index contributed by atoms with van der Waals surface area (Å²) in [7, 11) is 0. The number of esters is 1. The van der Waals surface area contributed by atoms with Gasteiger partial charge in [0.05, 0.1) is 6.42 Å². The highest BCUT2D eigenvalue weighted by Gasteiger charge is 2.13. The van der Waals surface area contributed by atoms with E-state index in [4.69, 9.17) is 10.5 Å². The summed E-state index contributed by atoms with van der Waals surface area (Å²) in [5, 5.41) is 0.583. The number of carbonyl (C=O) groups is 2. The zero-order valence-corrected chi connectivity index (χ0v) is 12.0. The van der Waals surface area contributed by atoms with Gasteiger partial charge in [0.15, 0.2) is 0 Å². The van der Waals surface area contributed by atoms with E-state index in [-0.39, 0.29) is 17.9 Å². The first-order valence-corrected chi connectivity index (χ1v) is 6.89. The topological polar surface area (TPSA) is 85.2 Å². The SMILES string of the molecule is NC(=O)Cc1cccc(OC(=O)c2cc3cc(F)ccc3[nH]2)c1. The Kier molecular flexibility index (Phi) is 3.80. The summed E-state index contributed by atoms with van der Waals surface area (Å²) in [6.45, 7) is 0. The van der Waals surface area contributed by atoms with Crippen molar-refractivity contribution in [3.8, 4) is 5.75 Å². The van der Waals surface area contributed by atoms with E-state index in [0.717, 1.165) is 0 Å². The van der Waals surface area contributed by atoms with E-state index in [1.807, 2.05) is 0 Å². The van der Waals surface area contributed by atoms with Crippen LogP contribution in [0.15, 0.2) is 48.5 Å². The van der Waals surface area contributed by atoms with Crippen LogP contribution < -0.4 is 10.5 Å². The van der Waals surface area contributed by atoms with Crippen molar-refractivity contribution in [3.63, 3.8) is 0 Å². The average Bonchev–Trinajstić information content (AvgIpc) is 2.90. The smallest absolute Gasteiger partial charge is 0.360 e. The molecule has 0 bridgehead atoms. The first-order valence-electron chi connectivity index (χ1n) is 6.89. The molecule has 0 fully saturated rings. The molecule has 3 aromatic rings. The van der Waals surface area contributed by atoms with E-state index in [1.165, 1.54) is 18.2 Å². The fraction of sp³-hybridized carbons (Fsp3) is 0.0588. The van der Waals surface area contributed by atoms with Gasteiger partial charge in [-0.25, -0.2) is 9.18 Å². The van der Waals surface area contributed by atoms with Crippen LogP contribution in [0.2, 0.25) is 0 Å². The van der Waals surface area contributed by atoms with Gasteiger partial charge in [0, 0.05) is 10.9 Å². The summed E-state index contributed by atoms with van der Waals surface area (Å²) in [4.78, 5) is 26.0. The van der Waals surface area contributed by atoms with Crippen molar-refractivity contribution >= 4 is 22.8 Å². The standard InChI is InChI=1S/C17H13FN2O3/c18-12-4-5-14-11(8-12)9-15(20-14)17(22)23-13-3-1-2-10(6-13)7-16(19)21/h1-6,8-9,20H,7H2,(H2,19,21). The van der Waals surface area contributed by atoms with Crippen molar-refractivity contribution in [1.82, 2.24) is 4.98 Å². The minimum Gasteiger partial charge on any atom is -0.422 e. The van der Waals surface area contributed by atoms with Crippen LogP contribution in [0.1, 0.15) is 16.1 Å². The number of halogens is 1. The molecule has 0 aliphatic rings. The summed E-state index contributed by atoms with van der Waals surface area (Å²) < 4.78 is 18.4. The van der Waals surface area contributed by atoms with Crippen LogP contribution in [-0.2, 0) is 11.2 Å².